The van der Waals surface area contributed by atoms with Crippen molar-refractivity contribution in [1.29, 1.82) is 0 Å². The number of ketones is 1. The maximum atomic E-state index is 15.6. The highest BCUT2D eigenvalue weighted by Crippen LogP contribution is 2.50. The number of Topliss-reactive ketones (excluding diaryl/α,β-unsaturated/α-hetero) is 1. The van der Waals surface area contributed by atoms with Crippen LogP contribution in [0, 0.1) is 11.7 Å². The number of carbonyl (C=O) groups excluding carboxylic acids is 1. The minimum Gasteiger partial charge on any atom is -0.487 e. The molecule has 176 valence electrons. The molecule has 6 rings (SSSR count). The minimum atomic E-state index is -0.697. The van der Waals surface area contributed by atoms with E-state index < -0.39 is 11.2 Å². The van der Waals surface area contributed by atoms with Crippen LogP contribution in [0.5, 0.6) is 5.75 Å². The number of anilines is 2. The van der Waals surface area contributed by atoms with Gasteiger partial charge in [-0.15, -0.1) is 0 Å². The molecule has 3 N–H and O–H groups in total. The lowest BCUT2D eigenvalue weighted by Crippen LogP contribution is -2.42. The quantitative estimate of drug-likeness (QED) is 0.439. The molecule has 0 unspecified atom stereocenters. The van der Waals surface area contributed by atoms with Gasteiger partial charge in [-0.1, -0.05) is 18.9 Å². The summed E-state index contributed by atoms with van der Waals surface area (Å²) >= 11 is 0. The number of rotatable bonds is 5. The van der Waals surface area contributed by atoms with Gasteiger partial charge in [0.05, 0.1) is 27.7 Å². The van der Waals surface area contributed by atoms with Crippen molar-refractivity contribution in [3.8, 4) is 5.75 Å². The van der Waals surface area contributed by atoms with Crippen molar-refractivity contribution < 1.29 is 13.9 Å². The summed E-state index contributed by atoms with van der Waals surface area (Å²) in [5.74, 6) is -0.410. The van der Waals surface area contributed by atoms with E-state index in [9.17, 15) is 9.59 Å². The van der Waals surface area contributed by atoms with E-state index in [-0.39, 0.29) is 39.7 Å². The molecule has 2 aromatic heterocycles. The molecule has 2 saturated carbocycles. The Morgan fingerprint density at radius 1 is 1.35 bits per heavy atom. The summed E-state index contributed by atoms with van der Waals surface area (Å²) in [6.45, 7) is 1.73. The second kappa shape index (κ2) is 7.55. The summed E-state index contributed by atoms with van der Waals surface area (Å²) in [5, 5.41) is 3.35. The van der Waals surface area contributed by atoms with Gasteiger partial charge in [-0.25, -0.2) is 4.39 Å². The van der Waals surface area contributed by atoms with Gasteiger partial charge >= 0.3 is 0 Å². The first-order valence-corrected chi connectivity index (χ1v) is 11.9. The topological polar surface area (TPSA) is 99.2 Å². The van der Waals surface area contributed by atoms with Crippen molar-refractivity contribution in [2.75, 3.05) is 17.7 Å². The van der Waals surface area contributed by atoms with Crippen molar-refractivity contribution in [3.05, 3.63) is 57.9 Å². The zero-order valence-corrected chi connectivity index (χ0v) is 19.1. The average molecular weight is 463 g/mol. The molecule has 3 aliphatic rings. The summed E-state index contributed by atoms with van der Waals surface area (Å²) in [6.07, 6.45) is 8.90. The lowest BCUT2D eigenvalue weighted by atomic mass is 9.93. The fraction of sp³-hybridized carbons (Fsp3) is 0.423. The Morgan fingerprint density at radius 3 is 2.85 bits per heavy atom. The van der Waals surface area contributed by atoms with Crippen LogP contribution in [0.4, 0.5) is 15.8 Å². The second-order valence-corrected chi connectivity index (χ2v) is 9.95. The molecule has 1 spiro atoms. The summed E-state index contributed by atoms with van der Waals surface area (Å²) in [5.41, 5.74) is 6.85. The number of nitrogens with two attached hydrogens (primary N) is 1. The third-order valence-electron chi connectivity index (χ3n) is 7.73. The first-order valence-electron chi connectivity index (χ1n) is 11.9. The van der Waals surface area contributed by atoms with Crippen LogP contribution in [0.3, 0.4) is 0 Å². The number of benzene rings is 1. The predicted octanol–water partition coefficient (Wildman–Crippen LogP) is 4.03. The minimum absolute atomic E-state index is 0.0380. The lowest BCUT2D eigenvalue weighted by Gasteiger charge is -2.39. The predicted molar refractivity (Wildman–Crippen MR) is 128 cm³/mol. The summed E-state index contributed by atoms with van der Waals surface area (Å²) in [7, 11) is 0. The number of aromatic nitrogens is 2. The number of hydrogen-bond donors (Lipinski definition) is 2. The first kappa shape index (κ1) is 21.1. The fourth-order valence-electron chi connectivity index (χ4n) is 5.76. The Hall–Kier alpha value is -3.42. The number of nitrogens with one attached hydrogen (secondary N) is 1. The van der Waals surface area contributed by atoms with Crippen molar-refractivity contribution >= 4 is 28.1 Å². The van der Waals surface area contributed by atoms with Crippen LogP contribution in [-0.2, 0) is 12.0 Å². The molecular formula is C26H27FN4O3. The van der Waals surface area contributed by atoms with E-state index in [4.69, 9.17) is 10.5 Å². The van der Waals surface area contributed by atoms with Gasteiger partial charge in [0.1, 0.15) is 12.3 Å². The number of nitrogen functional groups attached to an aromatic ring is 1. The molecule has 0 radical (unpaired) electrons. The largest absolute Gasteiger partial charge is 0.487 e. The van der Waals surface area contributed by atoms with E-state index in [0.29, 0.717) is 23.8 Å². The Balaban J connectivity index is 1.47. The number of halogens is 1. The molecule has 2 atom stereocenters. The van der Waals surface area contributed by atoms with Gasteiger partial charge in [-0.2, -0.15) is 0 Å². The number of fused-ring (bicyclic) bond motifs is 1. The molecule has 0 saturated heterocycles. The summed E-state index contributed by atoms with van der Waals surface area (Å²) in [4.78, 5) is 29.9. The van der Waals surface area contributed by atoms with Gasteiger partial charge in [0.2, 0.25) is 5.43 Å². The van der Waals surface area contributed by atoms with Gasteiger partial charge < -0.3 is 20.4 Å². The number of hydrogen-bond acceptors (Lipinski definition) is 6. The first-order chi connectivity index (χ1) is 16.4. The van der Waals surface area contributed by atoms with Crippen LogP contribution in [0.15, 0.2) is 35.4 Å². The molecule has 1 aromatic carbocycles. The molecule has 0 bridgehead atoms. The van der Waals surface area contributed by atoms with Gasteiger partial charge in [-0.05, 0) is 50.7 Å². The monoisotopic (exact) mass is 462 g/mol. The highest BCUT2D eigenvalue weighted by Gasteiger charge is 2.44. The van der Waals surface area contributed by atoms with Crippen LogP contribution < -0.4 is 21.2 Å². The molecule has 8 heteroatoms. The average Bonchev–Trinajstić information content (AvgIpc) is 3.37. The van der Waals surface area contributed by atoms with Crippen molar-refractivity contribution in [1.82, 2.24) is 9.55 Å². The van der Waals surface area contributed by atoms with E-state index in [2.05, 4.69) is 10.3 Å². The van der Waals surface area contributed by atoms with Crippen LogP contribution in [0.25, 0.3) is 10.9 Å². The zero-order valence-electron chi connectivity index (χ0n) is 19.1. The van der Waals surface area contributed by atoms with Gasteiger partial charge in [0.15, 0.2) is 17.3 Å². The van der Waals surface area contributed by atoms with Crippen molar-refractivity contribution in [2.45, 2.75) is 57.0 Å². The maximum absolute atomic E-state index is 15.6. The highest BCUT2D eigenvalue weighted by atomic mass is 19.1. The van der Waals surface area contributed by atoms with E-state index in [1.165, 1.54) is 6.92 Å². The number of carbonyl (C=O) groups is 1. The molecule has 3 heterocycles. The number of nitrogens with zero attached hydrogens (tertiary/aromatic N) is 2. The van der Waals surface area contributed by atoms with E-state index in [1.54, 1.807) is 12.4 Å². The van der Waals surface area contributed by atoms with Gasteiger partial charge in [-0.3, -0.25) is 14.6 Å². The normalized spacial score (nSPS) is 22.1. The van der Waals surface area contributed by atoms with Crippen LogP contribution in [0.2, 0.25) is 0 Å². The molecule has 2 aliphatic carbocycles. The van der Waals surface area contributed by atoms with E-state index >= 15 is 4.39 Å². The fourth-order valence-corrected chi connectivity index (χ4v) is 5.76. The van der Waals surface area contributed by atoms with Crippen LogP contribution >= 0.6 is 0 Å². The number of pyridine rings is 2. The number of ether oxygens (including phenoxy) is 1. The Kier molecular flexibility index (Phi) is 4.69. The highest BCUT2D eigenvalue weighted by molar-refractivity contribution is 6.04. The second-order valence-electron chi connectivity index (χ2n) is 9.95. The Labute approximate surface area is 196 Å². The van der Waals surface area contributed by atoms with Crippen molar-refractivity contribution in [3.63, 3.8) is 0 Å². The van der Waals surface area contributed by atoms with Gasteiger partial charge in [0.25, 0.3) is 0 Å². The van der Waals surface area contributed by atoms with Crippen molar-refractivity contribution in [2.24, 2.45) is 5.92 Å². The molecule has 0 amide bonds. The van der Waals surface area contributed by atoms with E-state index in [0.717, 1.165) is 44.2 Å². The summed E-state index contributed by atoms with van der Waals surface area (Å²) in [6, 6.07) is 5.90. The molecule has 3 aromatic rings. The van der Waals surface area contributed by atoms with Crippen LogP contribution in [0.1, 0.15) is 55.1 Å². The maximum Gasteiger partial charge on any atom is 0.202 e. The molecule has 34 heavy (non-hydrogen) atoms. The van der Waals surface area contributed by atoms with Gasteiger partial charge in [0, 0.05) is 24.1 Å². The molecule has 1 aliphatic heterocycles. The molecule has 7 nitrogen and oxygen atoms in total. The van der Waals surface area contributed by atoms with Crippen LogP contribution in [-0.4, -0.2) is 28.0 Å². The standard InChI is InChI=1S/C26H27FN4O3/c1-14(32)17-12-31-23-19(24(17)33)21(28)20(27)22(25(23)34-13-26(31)7-3-4-8-26)30-18-11-15(18)10-16-6-2-5-9-29-16/h2,5-6,9,12,15,18,30H,3-4,7-8,10-11,13,28H2,1H3/t15-,18+/m1/s1. The summed E-state index contributed by atoms with van der Waals surface area (Å²) < 4.78 is 23.9. The third-order valence-corrected chi connectivity index (χ3v) is 7.73. The van der Waals surface area contributed by atoms with E-state index in [1.807, 2.05) is 22.8 Å². The smallest absolute Gasteiger partial charge is 0.202 e. The zero-order chi connectivity index (χ0) is 23.6. The third kappa shape index (κ3) is 3.11. The lowest BCUT2D eigenvalue weighted by molar-refractivity contribution is 0.101. The SMILES string of the molecule is CC(=O)c1cn2c3c(c(N[C@H]4C[C@H]4Cc4ccccn4)c(F)c(N)c3c1=O)OCC21CCCC1. The molecular weight excluding hydrogens is 435 g/mol. The molecule has 2 fully saturated rings. The Bertz CT molecular complexity index is 1380. The Morgan fingerprint density at radius 2 is 2.15 bits per heavy atom.